The smallest absolute Gasteiger partial charge is 0.250 e. The van der Waals surface area contributed by atoms with Crippen molar-refractivity contribution in [1.29, 1.82) is 0 Å². The zero-order valence-corrected chi connectivity index (χ0v) is 21.9. The van der Waals surface area contributed by atoms with Gasteiger partial charge in [-0.25, -0.2) is 0 Å². The number of hydrogen-bond acceptors (Lipinski definition) is 6. The van der Waals surface area contributed by atoms with Crippen molar-refractivity contribution >= 4 is 11.8 Å². The van der Waals surface area contributed by atoms with Crippen molar-refractivity contribution < 1.29 is 28.5 Å². The largest absolute Gasteiger partial charge is 0.493 e. The molecule has 5 rings (SSSR count). The lowest BCUT2D eigenvalue weighted by atomic mass is 9.91. The first-order valence-corrected chi connectivity index (χ1v) is 13.3. The van der Waals surface area contributed by atoms with E-state index in [0.29, 0.717) is 35.2 Å². The Morgan fingerprint density at radius 1 is 1.00 bits per heavy atom. The van der Waals surface area contributed by atoms with E-state index in [9.17, 15) is 9.59 Å². The van der Waals surface area contributed by atoms with Gasteiger partial charge in [0.25, 0.3) is 5.91 Å². The van der Waals surface area contributed by atoms with Crippen LogP contribution in [0.3, 0.4) is 0 Å². The van der Waals surface area contributed by atoms with Crippen LogP contribution in [0.25, 0.3) is 0 Å². The minimum atomic E-state index is -0.772. The maximum Gasteiger partial charge on any atom is 0.250 e. The molecule has 8 heteroatoms. The van der Waals surface area contributed by atoms with E-state index in [1.165, 1.54) is 6.42 Å². The zero-order chi connectivity index (χ0) is 25.9. The molecule has 1 aliphatic carbocycles. The molecule has 8 nitrogen and oxygen atoms in total. The van der Waals surface area contributed by atoms with Crippen LogP contribution in [-0.4, -0.2) is 66.7 Å². The number of amides is 2. The third kappa shape index (κ3) is 5.33. The molecule has 2 aliphatic heterocycles. The first-order valence-electron chi connectivity index (χ1n) is 13.3. The second-order valence-electron chi connectivity index (χ2n) is 10.3. The highest BCUT2D eigenvalue weighted by atomic mass is 16.6. The van der Waals surface area contributed by atoms with Gasteiger partial charge >= 0.3 is 0 Å². The fourth-order valence-corrected chi connectivity index (χ4v) is 5.56. The molecule has 2 heterocycles. The monoisotopic (exact) mass is 508 g/mol. The number of piperazine rings is 1. The maximum atomic E-state index is 14.1. The summed E-state index contributed by atoms with van der Waals surface area (Å²) in [5.41, 5.74) is 0.698. The Labute approximate surface area is 218 Å². The molecule has 198 valence electrons. The number of nitrogens with zero attached hydrogens (tertiary/aromatic N) is 2. The van der Waals surface area contributed by atoms with Crippen LogP contribution in [-0.2, 0) is 9.59 Å². The number of ether oxygens (including phenoxy) is 4. The minimum Gasteiger partial charge on any atom is -0.493 e. The summed E-state index contributed by atoms with van der Waals surface area (Å²) in [7, 11) is 1.58. The quantitative estimate of drug-likeness (QED) is 0.553. The standard InChI is InChI=1S/C29H36N2O6/c1-19(2)36-25-14-13-20(15-26(25)34-3)28-29(33)30(21-9-5-4-6-10-21)17-27(32)31(28)16-22-18-35-23-11-7-8-12-24(23)37-22/h7-8,11-15,19,21-22,28H,4-6,9-10,16-18H2,1-3H3/t22-,28+/m1/s1. The van der Waals surface area contributed by atoms with Crippen LogP contribution in [0.15, 0.2) is 42.5 Å². The molecule has 1 saturated heterocycles. The number of hydrogen-bond donors (Lipinski definition) is 0. The molecular weight excluding hydrogens is 472 g/mol. The van der Waals surface area contributed by atoms with E-state index in [4.69, 9.17) is 18.9 Å². The number of benzene rings is 2. The summed E-state index contributed by atoms with van der Waals surface area (Å²) in [6.07, 6.45) is 4.80. The molecule has 2 aromatic carbocycles. The van der Waals surface area contributed by atoms with Crippen LogP contribution in [0, 0.1) is 0 Å². The fraction of sp³-hybridized carbons (Fsp3) is 0.517. The average Bonchev–Trinajstić information content (AvgIpc) is 2.91. The summed E-state index contributed by atoms with van der Waals surface area (Å²) >= 11 is 0. The first kappa shape index (κ1) is 25.2. The Hall–Kier alpha value is -3.42. The Bertz CT molecular complexity index is 1130. The topological polar surface area (TPSA) is 77.5 Å². The normalized spacial score (nSPS) is 22.4. The number of carbonyl (C=O) groups is 2. The Morgan fingerprint density at radius 2 is 1.76 bits per heavy atom. The van der Waals surface area contributed by atoms with E-state index in [0.717, 1.165) is 25.7 Å². The first-order chi connectivity index (χ1) is 17.9. The van der Waals surface area contributed by atoms with Gasteiger partial charge < -0.3 is 28.7 Å². The molecule has 0 aromatic heterocycles. The van der Waals surface area contributed by atoms with E-state index in [2.05, 4.69) is 0 Å². The molecule has 0 radical (unpaired) electrons. The summed E-state index contributed by atoms with van der Waals surface area (Å²) < 4.78 is 23.6. The molecule has 3 aliphatic rings. The molecule has 0 bridgehead atoms. The molecule has 2 atom stereocenters. The molecular formula is C29H36N2O6. The summed E-state index contributed by atoms with van der Waals surface area (Å²) in [5.74, 6) is 2.33. The van der Waals surface area contributed by atoms with Gasteiger partial charge in [0.1, 0.15) is 19.2 Å². The van der Waals surface area contributed by atoms with Gasteiger partial charge in [-0.2, -0.15) is 0 Å². The predicted octanol–water partition coefficient (Wildman–Crippen LogP) is 4.37. The highest BCUT2D eigenvalue weighted by Crippen LogP contribution is 2.38. The van der Waals surface area contributed by atoms with Crippen molar-refractivity contribution in [3.8, 4) is 23.0 Å². The van der Waals surface area contributed by atoms with Gasteiger partial charge in [0, 0.05) is 6.04 Å². The van der Waals surface area contributed by atoms with Crippen LogP contribution < -0.4 is 18.9 Å². The van der Waals surface area contributed by atoms with Crippen molar-refractivity contribution in [3.05, 3.63) is 48.0 Å². The van der Waals surface area contributed by atoms with Gasteiger partial charge in [0.2, 0.25) is 5.91 Å². The Morgan fingerprint density at radius 3 is 2.49 bits per heavy atom. The van der Waals surface area contributed by atoms with Crippen LogP contribution in [0.2, 0.25) is 0 Å². The number of fused-ring (bicyclic) bond motifs is 1. The van der Waals surface area contributed by atoms with Gasteiger partial charge in [-0.15, -0.1) is 0 Å². The number of para-hydroxylation sites is 2. The van der Waals surface area contributed by atoms with E-state index in [1.807, 2.05) is 56.3 Å². The number of rotatable bonds is 7. The molecule has 37 heavy (non-hydrogen) atoms. The zero-order valence-electron chi connectivity index (χ0n) is 21.9. The van der Waals surface area contributed by atoms with Gasteiger partial charge in [-0.1, -0.05) is 37.5 Å². The van der Waals surface area contributed by atoms with E-state index in [-0.39, 0.29) is 43.2 Å². The molecule has 0 unspecified atom stereocenters. The lowest BCUT2D eigenvalue weighted by Gasteiger charge is -2.45. The lowest BCUT2D eigenvalue weighted by Crippen LogP contribution is -2.60. The van der Waals surface area contributed by atoms with Crippen molar-refractivity contribution in [2.75, 3.05) is 26.8 Å². The summed E-state index contributed by atoms with van der Waals surface area (Å²) in [4.78, 5) is 31.2. The highest BCUT2D eigenvalue weighted by Gasteiger charge is 2.44. The molecule has 0 N–H and O–H groups in total. The van der Waals surface area contributed by atoms with Crippen LogP contribution in [0.4, 0.5) is 0 Å². The third-order valence-electron chi connectivity index (χ3n) is 7.30. The Balaban J connectivity index is 1.46. The molecule has 2 amide bonds. The third-order valence-corrected chi connectivity index (χ3v) is 7.30. The van der Waals surface area contributed by atoms with Gasteiger partial charge in [-0.3, -0.25) is 9.59 Å². The second-order valence-corrected chi connectivity index (χ2v) is 10.3. The van der Waals surface area contributed by atoms with Crippen molar-refractivity contribution in [2.24, 2.45) is 0 Å². The number of carbonyl (C=O) groups excluding carboxylic acids is 2. The molecule has 2 aromatic rings. The molecule has 1 saturated carbocycles. The second kappa shape index (κ2) is 10.9. The van der Waals surface area contributed by atoms with Gasteiger partial charge in [0.15, 0.2) is 29.1 Å². The summed E-state index contributed by atoms with van der Waals surface area (Å²) in [6, 6.07) is 12.3. The van der Waals surface area contributed by atoms with E-state index >= 15 is 0 Å². The fourth-order valence-electron chi connectivity index (χ4n) is 5.56. The van der Waals surface area contributed by atoms with Crippen molar-refractivity contribution in [1.82, 2.24) is 9.80 Å². The molecule has 2 fully saturated rings. The predicted molar refractivity (Wildman–Crippen MR) is 138 cm³/mol. The van der Waals surface area contributed by atoms with Crippen LogP contribution >= 0.6 is 0 Å². The minimum absolute atomic E-state index is 0.0257. The van der Waals surface area contributed by atoms with E-state index < -0.39 is 6.04 Å². The molecule has 0 spiro atoms. The summed E-state index contributed by atoms with van der Waals surface area (Å²) in [6.45, 7) is 4.54. The van der Waals surface area contributed by atoms with E-state index in [1.54, 1.807) is 16.9 Å². The highest BCUT2D eigenvalue weighted by molar-refractivity contribution is 5.96. The maximum absolute atomic E-state index is 14.1. The van der Waals surface area contributed by atoms with Crippen LogP contribution in [0.1, 0.15) is 57.6 Å². The summed E-state index contributed by atoms with van der Waals surface area (Å²) in [5, 5.41) is 0. The van der Waals surface area contributed by atoms with Crippen LogP contribution in [0.5, 0.6) is 23.0 Å². The van der Waals surface area contributed by atoms with Gasteiger partial charge in [0.05, 0.1) is 19.8 Å². The van der Waals surface area contributed by atoms with Crippen molar-refractivity contribution in [2.45, 2.75) is 70.2 Å². The average molecular weight is 509 g/mol. The van der Waals surface area contributed by atoms with Crippen molar-refractivity contribution in [3.63, 3.8) is 0 Å². The Kier molecular flexibility index (Phi) is 7.44. The van der Waals surface area contributed by atoms with Gasteiger partial charge in [-0.05, 0) is 56.5 Å². The lowest BCUT2D eigenvalue weighted by molar-refractivity contribution is -0.160. The number of methoxy groups -OCH3 is 1. The SMILES string of the molecule is COc1cc([C@H]2C(=O)N(C3CCCCC3)CC(=O)N2C[C@@H]2COc3ccccc3O2)ccc1OC(C)C.